The van der Waals surface area contributed by atoms with Crippen LogP contribution in [0.3, 0.4) is 0 Å². The summed E-state index contributed by atoms with van der Waals surface area (Å²) >= 11 is 0. The van der Waals surface area contributed by atoms with Crippen molar-refractivity contribution in [1.29, 1.82) is 0 Å². The van der Waals surface area contributed by atoms with Crippen molar-refractivity contribution in [3.8, 4) is 5.69 Å². The van der Waals surface area contributed by atoms with Gasteiger partial charge in [-0.25, -0.2) is 13.9 Å². The summed E-state index contributed by atoms with van der Waals surface area (Å²) in [5, 5.41) is 46.6. The second-order valence-corrected chi connectivity index (χ2v) is 11.9. The molecule has 1 aromatic heterocycles. The summed E-state index contributed by atoms with van der Waals surface area (Å²) in [6.07, 6.45) is 6.81. The predicted octanol–water partition coefficient (Wildman–Crippen LogP) is 3.47. The number of aliphatic hydroxyl groups is 3. The zero-order valence-electron chi connectivity index (χ0n) is 20.6. The molecule has 7 nitrogen and oxygen atoms in total. The third kappa shape index (κ3) is 2.95. The molecule has 1 aromatic carbocycles. The zero-order valence-corrected chi connectivity index (χ0v) is 20.6. The first-order valence-corrected chi connectivity index (χ1v) is 12.8. The Labute approximate surface area is 209 Å². The molecule has 0 aliphatic heterocycles. The van der Waals surface area contributed by atoms with Gasteiger partial charge in [0.15, 0.2) is 5.60 Å². The zero-order chi connectivity index (χ0) is 25.6. The van der Waals surface area contributed by atoms with Crippen LogP contribution in [0.5, 0.6) is 0 Å². The van der Waals surface area contributed by atoms with Crippen LogP contribution in [-0.2, 0) is 17.8 Å². The molecule has 7 atom stereocenters. The van der Waals surface area contributed by atoms with Gasteiger partial charge in [0.1, 0.15) is 5.82 Å². The maximum atomic E-state index is 14.0. The van der Waals surface area contributed by atoms with Crippen molar-refractivity contribution in [1.82, 2.24) is 9.78 Å². The summed E-state index contributed by atoms with van der Waals surface area (Å²) in [5.41, 5.74) is 1.18. The molecule has 6 rings (SSSR count). The number of nitrogens with zero attached hydrogens (tertiary/aromatic N) is 2. The average Bonchev–Trinajstić information content (AvgIpc) is 3.35. The lowest BCUT2D eigenvalue weighted by molar-refractivity contribution is -0.193. The van der Waals surface area contributed by atoms with E-state index in [0.29, 0.717) is 18.5 Å². The molecule has 0 bridgehead atoms. The van der Waals surface area contributed by atoms with Crippen LogP contribution in [0, 0.1) is 34.4 Å². The van der Waals surface area contributed by atoms with Crippen molar-refractivity contribution in [2.75, 3.05) is 0 Å². The minimum atomic E-state index is -1.80. The van der Waals surface area contributed by atoms with E-state index in [9.17, 15) is 29.6 Å². The summed E-state index contributed by atoms with van der Waals surface area (Å²) < 4.78 is 15.7. The van der Waals surface area contributed by atoms with Gasteiger partial charge in [-0.2, -0.15) is 5.10 Å². The maximum absolute atomic E-state index is 14.0. The standard InChI is InChI=1S/C28H33FN2O5/c1-26-11-16-13-30-31(18-4-6-21(29)15(9-18)14-32)22(16)10-17(26)3-5-19-20-7-8-28(36,25(34)35)27(20,2)12-23(33)24(19)26/h4,6,9-10,13,19-20,23-24,32-33,36H,3,5,7-8,11-12,14H2,1-2H3,(H,34,35)/t19-,20-,23-,24+,26-,27-,28-/m0/s1. The van der Waals surface area contributed by atoms with Gasteiger partial charge < -0.3 is 20.4 Å². The molecule has 36 heavy (non-hydrogen) atoms. The highest BCUT2D eigenvalue weighted by Gasteiger charge is 2.68. The van der Waals surface area contributed by atoms with Crippen molar-refractivity contribution < 1.29 is 29.6 Å². The number of carboxylic acids is 1. The highest BCUT2D eigenvalue weighted by Crippen LogP contribution is 2.67. The second-order valence-electron chi connectivity index (χ2n) is 11.9. The van der Waals surface area contributed by atoms with Crippen molar-refractivity contribution in [2.45, 2.75) is 70.7 Å². The summed E-state index contributed by atoms with van der Waals surface area (Å²) in [7, 11) is 0. The molecule has 8 heteroatoms. The molecule has 0 saturated heterocycles. The lowest BCUT2D eigenvalue weighted by atomic mass is 9.45. The number of carboxylic acid groups (broad SMARTS) is 1. The smallest absolute Gasteiger partial charge is 0.336 e. The fourth-order valence-electron chi connectivity index (χ4n) is 8.56. The molecule has 4 aliphatic carbocycles. The van der Waals surface area contributed by atoms with Gasteiger partial charge in [-0.1, -0.05) is 19.4 Å². The topological polar surface area (TPSA) is 116 Å². The Bertz CT molecular complexity index is 1290. The van der Waals surface area contributed by atoms with Crippen LogP contribution < -0.4 is 0 Å². The monoisotopic (exact) mass is 496 g/mol. The highest BCUT2D eigenvalue weighted by molar-refractivity contribution is 5.79. The molecule has 3 saturated carbocycles. The van der Waals surface area contributed by atoms with Crippen molar-refractivity contribution in [2.24, 2.45) is 28.6 Å². The van der Waals surface area contributed by atoms with Gasteiger partial charge in [0, 0.05) is 11.0 Å². The summed E-state index contributed by atoms with van der Waals surface area (Å²) in [6, 6.07) is 4.61. The van der Waals surface area contributed by atoms with Gasteiger partial charge in [-0.05, 0) is 91.5 Å². The van der Waals surface area contributed by atoms with E-state index < -0.39 is 28.9 Å². The van der Waals surface area contributed by atoms with E-state index in [2.05, 4.69) is 18.1 Å². The summed E-state index contributed by atoms with van der Waals surface area (Å²) in [4.78, 5) is 12.1. The molecule has 0 amide bonds. The van der Waals surface area contributed by atoms with Crippen LogP contribution in [0.15, 0.2) is 30.0 Å². The number of carbonyl (C=O) groups is 1. The van der Waals surface area contributed by atoms with Crippen LogP contribution >= 0.6 is 0 Å². The van der Waals surface area contributed by atoms with Crippen LogP contribution in [0.4, 0.5) is 4.39 Å². The number of aliphatic carboxylic acids is 1. The van der Waals surface area contributed by atoms with Gasteiger partial charge in [-0.3, -0.25) is 0 Å². The third-order valence-electron chi connectivity index (χ3n) is 10.4. The van der Waals surface area contributed by atoms with E-state index in [1.54, 1.807) is 16.8 Å². The van der Waals surface area contributed by atoms with Crippen molar-refractivity contribution in [3.63, 3.8) is 0 Å². The maximum Gasteiger partial charge on any atom is 0.336 e. The van der Waals surface area contributed by atoms with E-state index in [-0.39, 0.29) is 48.2 Å². The van der Waals surface area contributed by atoms with Gasteiger partial charge in [-0.15, -0.1) is 0 Å². The first kappa shape index (κ1) is 23.8. The molecule has 3 fully saturated rings. The molecule has 0 unspecified atom stereocenters. The highest BCUT2D eigenvalue weighted by atomic mass is 19.1. The molecule has 1 heterocycles. The summed E-state index contributed by atoms with van der Waals surface area (Å²) in [5.74, 6) is -1.48. The summed E-state index contributed by atoms with van der Waals surface area (Å²) in [6.45, 7) is 3.68. The number of halogens is 1. The number of allylic oxidation sites excluding steroid dienone is 1. The minimum absolute atomic E-state index is 0.0324. The molecule has 4 aliphatic rings. The second kappa shape index (κ2) is 7.73. The Balaban J connectivity index is 1.37. The predicted molar refractivity (Wildman–Crippen MR) is 129 cm³/mol. The number of hydrogen-bond donors (Lipinski definition) is 4. The van der Waals surface area contributed by atoms with Crippen molar-refractivity contribution >= 4 is 12.0 Å². The Kier molecular flexibility index (Phi) is 5.11. The normalized spacial score (nSPS) is 39.0. The molecule has 0 radical (unpaired) electrons. The molecule has 0 spiro atoms. The molecule has 192 valence electrons. The van der Waals surface area contributed by atoms with Gasteiger partial charge >= 0.3 is 5.97 Å². The number of rotatable bonds is 3. The molecular formula is C28H33FN2O5. The van der Waals surface area contributed by atoms with Gasteiger partial charge in [0.2, 0.25) is 0 Å². The van der Waals surface area contributed by atoms with E-state index >= 15 is 0 Å². The minimum Gasteiger partial charge on any atom is -0.479 e. The lowest BCUT2D eigenvalue weighted by Crippen LogP contribution is -2.61. The van der Waals surface area contributed by atoms with E-state index in [1.165, 1.54) is 11.6 Å². The average molecular weight is 497 g/mol. The Morgan fingerprint density at radius 1 is 1.28 bits per heavy atom. The quantitative estimate of drug-likeness (QED) is 0.517. The number of fused-ring (bicyclic) bond motifs is 6. The Morgan fingerprint density at radius 2 is 2.06 bits per heavy atom. The largest absolute Gasteiger partial charge is 0.479 e. The Morgan fingerprint density at radius 3 is 2.78 bits per heavy atom. The first-order valence-electron chi connectivity index (χ1n) is 12.8. The number of hydrogen-bond acceptors (Lipinski definition) is 5. The SMILES string of the molecule is C[C@]12Cc3cnn(-c4ccc(F)c(CO)c4)c3C=C1CC[C@@H]1[C@@H]2[C@@H](O)C[C@@]2(C)[C@H]1CC[C@]2(O)C(=O)O. The van der Waals surface area contributed by atoms with Crippen LogP contribution in [-0.4, -0.2) is 47.9 Å². The molecule has 4 N–H and O–H groups in total. The van der Waals surface area contributed by atoms with Gasteiger partial charge in [0.25, 0.3) is 0 Å². The Hall–Kier alpha value is -2.55. The van der Waals surface area contributed by atoms with E-state index in [0.717, 1.165) is 24.1 Å². The van der Waals surface area contributed by atoms with Crippen molar-refractivity contribution in [3.05, 3.63) is 52.6 Å². The fraction of sp³-hybridized carbons (Fsp3) is 0.571. The van der Waals surface area contributed by atoms with Gasteiger partial charge in [0.05, 0.1) is 30.3 Å². The fourth-order valence-corrected chi connectivity index (χ4v) is 8.56. The number of aliphatic hydroxyl groups excluding tert-OH is 2. The van der Waals surface area contributed by atoms with E-state index in [4.69, 9.17) is 0 Å². The lowest BCUT2D eigenvalue weighted by Gasteiger charge is -2.60. The van der Waals surface area contributed by atoms with E-state index in [1.807, 2.05) is 13.1 Å². The number of benzene rings is 1. The molecule has 2 aromatic rings. The molecular weight excluding hydrogens is 463 g/mol. The van der Waals surface area contributed by atoms with Crippen LogP contribution in [0.25, 0.3) is 11.8 Å². The third-order valence-corrected chi connectivity index (χ3v) is 10.4. The first-order chi connectivity index (χ1) is 17.0. The van der Waals surface area contributed by atoms with Crippen LogP contribution in [0.2, 0.25) is 0 Å². The number of aromatic nitrogens is 2. The van der Waals surface area contributed by atoms with Crippen LogP contribution in [0.1, 0.15) is 62.8 Å².